The fourth-order valence-electron chi connectivity index (χ4n) is 1.35. The van der Waals surface area contributed by atoms with E-state index in [0.29, 0.717) is 13.1 Å². The van der Waals surface area contributed by atoms with Gasteiger partial charge in [0.1, 0.15) is 0 Å². The molecule has 0 spiro atoms. The Labute approximate surface area is 103 Å². The second-order valence-electron chi connectivity index (χ2n) is 4.29. The Morgan fingerprint density at radius 1 is 1.47 bits per heavy atom. The van der Waals surface area contributed by atoms with Crippen molar-refractivity contribution in [2.24, 2.45) is 0 Å². The van der Waals surface area contributed by atoms with Gasteiger partial charge < -0.3 is 10.6 Å². The Morgan fingerprint density at radius 2 is 2.24 bits per heavy atom. The molecule has 2 N–H and O–H groups in total. The van der Waals surface area contributed by atoms with Gasteiger partial charge in [-0.15, -0.1) is 0 Å². The molecule has 0 saturated carbocycles. The summed E-state index contributed by atoms with van der Waals surface area (Å²) in [6.45, 7) is 7.02. The maximum Gasteiger partial charge on any atom is 0.234 e. The smallest absolute Gasteiger partial charge is 0.234 e. The van der Waals surface area contributed by atoms with Crippen LogP contribution in [0, 0.1) is 6.92 Å². The standard InChI is InChI=1S/C13H21N3O/c1-4-10(2)16-13(17)9-14-7-12-6-5-11(3)15-8-12/h5-6,8,10,14H,4,7,9H2,1-3H3,(H,16,17). The summed E-state index contributed by atoms with van der Waals surface area (Å²) >= 11 is 0. The highest BCUT2D eigenvalue weighted by molar-refractivity contribution is 5.78. The van der Waals surface area contributed by atoms with Crippen LogP contribution in [-0.2, 0) is 11.3 Å². The molecular formula is C13H21N3O. The van der Waals surface area contributed by atoms with Crippen molar-refractivity contribution in [2.75, 3.05) is 6.54 Å². The highest BCUT2D eigenvalue weighted by Gasteiger charge is 2.04. The molecule has 0 bridgehead atoms. The maximum absolute atomic E-state index is 11.5. The summed E-state index contributed by atoms with van der Waals surface area (Å²) in [6.07, 6.45) is 2.78. The van der Waals surface area contributed by atoms with Gasteiger partial charge in [-0.25, -0.2) is 0 Å². The van der Waals surface area contributed by atoms with Crippen molar-refractivity contribution in [3.8, 4) is 0 Å². The molecule has 1 rings (SSSR count). The van der Waals surface area contributed by atoms with Crippen LogP contribution in [0.2, 0.25) is 0 Å². The van der Waals surface area contributed by atoms with E-state index < -0.39 is 0 Å². The third-order valence-electron chi connectivity index (χ3n) is 2.61. The molecule has 0 aliphatic heterocycles. The molecule has 1 atom stereocenters. The largest absolute Gasteiger partial charge is 0.353 e. The van der Waals surface area contributed by atoms with Crippen LogP contribution in [0.4, 0.5) is 0 Å². The molecule has 0 aliphatic rings. The minimum atomic E-state index is 0.0411. The summed E-state index contributed by atoms with van der Waals surface area (Å²) in [6, 6.07) is 4.23. The second-order valence-corrected chi connectivity index (χ2v) is 4.29. The summed E-state index contributed by atoms with van der Waals surface area (Å²) in [7, 11) is 0. The first-order valence-corrected chi connectivity index (χ1v) is 6.03. The number of hydrogen-bond acceptors (Lipinski definition) is 3. The number of carbonyl (C=O) groups excluding carboxylic acids is 1. The molecule has 0 aliphatic carbocycles. The van der Waals surface area contributed by atoms with Gasteiger partial charge in [0.2, 0.25) is 5.91 Å². The van der Waals surface area contributed by atoms with Crippen LogP contribution in [-0.4, -0.2) is 23.5 Å². The van der Waals surface area contributed by atoms with Gasteiger partial charge in [-0.3, -0.25) is 9.78 Å². The van der Waals surface area contributed by atoms with Gasteiger partial charge in [0.25, 0.3) is 0 Å². The van der Waals surface area contributed by atoms with E-state index in [2.05, 4.69) is 22.5 Å². The first-order chi connectivity index (χ1) is 8.11. The van der Waals surface area contributed by atoms with Crippen molar-refractivity contribution in [1.82, 2.24) is 15.6 Å². The van der Waals surface area contributed by atoms with Crippen LogP contribution in [0.3, 0.4) is 0 Å². The van der Waals surface area contributed by atoms with Gasteiger partial charge in [-0.1, -0.05) is 13.0 Å². The van der Waals surface area contributed by atoms with Crippen LogP contribution >= 0.6 is 0 Å². The van der Waals surface area contributed by atoms with E-state index in [4.69, 9.17) is 0 Å². The van der Waals surface area contributed by atoms with Crippen molar-refractivity contribution >= 4 is 5.91 Å². The summed E-state index contributed by atoms with van der Waals surface area (Å²) in [4.78, 5) is 15.7. The molecule has 0 saturated heterocycles. The van der Waals surface area contributed by atoms with E-state index >= 15 is 0 Å². The molecule has 17 heavy (non-hydrogen) atoms. The normalized spacial score (nSPS) is 12.2. The summed E-state index contributed by atoms with van der Waals surface area (Å²) < 4.78 is 0. The summed E-state index contributed by atoms with van der Waals surface area (Å²) in [5.41, 5.74) is 2.09. The number of pyridine rings is 1. The minimum Gasteiger partial charge on any atom is -0.353 e. The van der Waals surface area contributed by atoms with Crippen molar-refractivity contribution in [3.63, 3.8) is 0 Å². The van der Waals surface area contributed by atoms with Gasteiger partial charge >= 0.3 is 0 Å². The monoisotopic (exact) mass is 235 g/mol. The highest BCUT2D eigenvalue weighted by Crippen LogP contribution is 1.98. The Bertz CT molecular complexity index is 348. The number of aryl methyl sites for hydroxylation is 1. The first-order valence-electron chi connectivity index (χ1n) is 6.03. The van der Waals surface area contributed by atoms with Gasteiger partial charge in [0, 0.05) is 24.5 Å². The topological polar surface area (TPSA) is 54.0 Å². The number of hydrogen-bond donors (Lipinski definition) is 2. The molecule has 1 amide bonds. The zero-order valence-electron chi connectivity index (χ0n) is 10.8. The van der Waals surface area contributed by atoms with Crippen molar-refractivity contribution in [1.29, 1.82) is 0 Å². The van der Waals surface area contributed by atoms with E-state index in [9.17, 15) is 4.79 Å². The minimum absolute atomic E-state index is 0.0411. The van der Waals surface area contributed by atoms with E-state index in [1.165, 1.54) is 0 Å². The van der Waals surface area contributed by atoms with Crippen LogP contribution in [0.25, 0.3) is 0 Å². The Kier molecular flexibility index (Phi) is 5.63. The quantitative estimate of drug-likeness (QED) is 0.783. The Morgan fingerprint density at radius 3 is 2.82 bits per heavy atom. The van der Waals surface area contributed by atoms with Gasteiger partial charge in [0.15, 0.2) is 0 Å². The number of nitrogens with one attached hydrogen (secondary N) is 2. The molecular weight excluding hydrogens is 214 g/mol. The van der Waals surface area contributed by atoms with Crippen molar-refractivity contribution in [3.05, 3.63) is 29.6 Å². The van der Waals surface area contributed by atoms with Crippen LogP contribution in [0.5, 0.6) is 0 Å². The zero-order valence-corrected chi connectivity index (χ0v) is 10.8. The molecule has 0 aromatic carbocycles. The molecule has 0 fully saturated rings. The third kappa shape index (κ3) is 5.45. The lowest BCUT2D eigenvalue weighted by Gasteiger charge is -2.11. The zero-order chi connectivity index (χ0) is 12.7. The lowest BCUT2D eigenvalue weighted by molar-refractivity contribution is -0.120. The number of aromatic nitrogens is 1. The highest BCUT2D eigenvalue weighted by atomic mass is 16.1. The molecule has 1 aromatic heterocycles. The van der Waals surface area contributed by atoms with Crippen LogP contribution in [0.15, 0.2) is 18.3 Å². The van der Waals surface area contributed by atoms with E-state index in [-0.39, 0.29) is 11.9 Å². The summed E-state index contributed by atoms with van der Waals surface area (Å²) in [5, 5.41) is 6.01. The van der Waals surface area contributed by atoms with Gasteiger partial charge in [0.05, 0.1) is 6.54 Å². The number of amides is 1. The third-order valence-corrected chi connectivity index (χ3v) is 2.61. The average Bonchev–Trinajstić information content (AvgIpc) is 2.31. The fraction of sp³-hybridized carbons (Fsp3) is 0.538. The van der Waals surface area contributed by atoms with Crippen molar-refractivity contribution in [2.45, 2.75) is 39.8 Å². The predicted molar refractivity (Wildman–Crippen MR) is 68.6 cm³/mol. The molecule has 1 heterocycles. The van der Waals surface area contributed by atoms with Crippen LogP contribution < -0.4 is 10.6 Å². The molecule has 4 nitrogen and oxygen atoms in total. The number of rotatable bonds is 6. The van der Waals surface area contributed by atoms with Crippen LogP contribution in [0.1, 0.15) is 31.5 Å². The maximum atomic E-state index is 11.5. The SMILES string of the molecule is CCC(C)NC(=O)CNCc1ccc(C)nc1. The molecule has 0 radical (unpaired) electrons. The number of carbonyl (C=O) groups is 1. The van der Waals surface area contributed by atoms with E-state index in [0.717, 1.165) is 17.7 Å². The summed E-state index contributed by atoms with van der Waals surface area (Å²) in [5.74, 6) is 0.0411. The Balaban J connectivity index is 2.23. The molecule has 1 aromatic rings. The van der Waals surface area contributed by atoms with Gasteiger partial charge in [-0.05, 0) is 31.9 Å². The molecule has 4 heteroatoms. The number of nitrogens with zero attached hydrogens (tertiary/aromatic N) is 1. The predicted octanol–water partition coefficient (Wildman–Crippen LogP) is 1.39. The second kappa shape index (κ2) is 7.01. The Hall–Kier alpha value is -1.42. The fourth-order valence-corrected chi connectivity index (χ4v) is 1.35. The first kappa shape index (κ1) is 13.6. The van der Waals surface area contributed by atoms with Gasteiger partial charge in [-0.2, -0.15) is 0 Å². The molecule has 1 unspecified atom stereocenters. The van der Waals surface area contributed by atoms with Crippen molar-refractivity contribution < 1.29 is 4.79 Å². The lowest BCUT2D eigenvalue weighted by atomic mass is 10.2. The van der Waals surface area contributed by atoms with E-state index in [1.54, 1.807) is 0 Å². The van der Waals surface area contributed by atoms with E-state index in [1.807, 2.05) is 32.2 Å². The molecule has 94 valence electrons. The average molecular weight is 235 g/mol. The lowest BCUT2D eigenvalue weighted by Crippen LogP contribution is -2.38.